The third-order valence-corrected chi connectivity index (χ3v) is 6.81. The summed E-state index contributed by atoms with van der Waals surface area (Å²) in [5.41, 5.74) is 0.915. The molecule has 4 rings (SSSR count). The van der Waals surface area contributed by atoms with Gasteiger partial charge in [0.1, 0.15) is 11.8 Å². The van der Waals surface area contributed by atoms with E-state index in [0.29, 0.717) is 5.92 Å². The molecule has 2 aromatic rings. The van der Waals surface area contributed by atoms with E-state index < -0.39 is 16.1 Å². The smallest absolute Gasteiger partial charge is 0.274 e. The van der Waals surface area contributed by atoms with Crippen molar-refractivity contribution in [3.8, 4) is 0 Å². The Balaban J connectivity index is 1.71. The summed E-state index contributed by atoms with van der Waals surface area (Å²) in [6.45, 7) is 0. The topological polar surface area (TPSA) is 46.6 Å². The zero-order valence-corrected chi connectivity index (χ0v) is 15.4. The van der Waals surface area contributed by atoms with Crippen LogP contribution >= 0.6 is 0 Å². The first-order chi connectivity index (χ1) is 12.7. The van der Waals surface area contributed by atoms with E-state index in [0.717, 1.165) is 24.2 Å². The van der Waals surface area contributed by atoms with Gasteiger partial charge in [-0.15, -0.1) is 0 Å². The normalized spacial score (nSPS) is 22.0. The molecule has 1 aliphatic carbocycles. The molecule has 0 saturated heterocycles. The zero-order valence-electron chi connectivity index (χ0n) is 14.6. The molecule has 1 fully saturated rings. The van der Waals surface area contributed by atoms with Crippen LogP contribution in [0, 0.1) is 5.92 Å². The van der Waals surface area contributed by atoms with Crippen LogP contribution in [-0.4, -0.2) is 12.9 Å². The third kappa shape index (κ3) is 3.29. The number of hydrogen-bond acceptors (Lipinski definition) is 3. The first kappa shape index (κ1) is 17.3. The third-order valence-electron chi connectivity index (χ3n) is 5.17. The Hall–Kier alpha value is -2.11. The van der Waals surface area contributed by atoms with Crippen molar-refractivity contribution in [1.82, 2.24) is 4.47 Å². The Bertz CT molecular complexity index is 872. The highest BCUT2D eigenvalue weighted by Gasteiger charge is 2.40. The minimum atomic E-state index is -3.75. The van der Waals surface area contributed by atoms with Crippen molar-refractivity contribution in [3.63, 3.8) is 0 Å². The molecule has 1 heterocycles. The summed E-state index contributed by atoms with van der Waals surface area (Å²) in [5.74, 6) is 1.11. The van der Waals surface area contributed by atoms with E-state index in [2.05, 4.69) is 0 Å². The fraction of sp³-hybridized carbons (Fsp3) is 0.333. The largest absolute Gasteiger partial charge is 0.394 e. The predicted octanol–water partition coefficient (Wildman–Crippen LogP) is 4.83. The van der Waals surface area contributed by atoms with Gasteiger partial charge >= 0.3 is 0 Å². The molecule has 0 radical (unpaired) electrons. The lowest BCUT2D eigenvalue weighted by atomic mass is 9.87. The molecule has 0 aromatic heterocycles. The molecule has 5 heteroatoms. The van der Waals surface area contributed by atoms with E-state index in [1.54, 1.807) is 24.3 Å². The van der Waals surface area contributed by atoms with Gasteiger partial charge in [0.2, 0.25) is 0 Å². The Morgan fingerprint density at radius 3 is 2.12 bits per heavy atom. The van der Waals surface area contributed by atoms with Crippen molar-refractivity contribution in [1.29, 1.82) is 0 Å². The summed E-state index contributed by atoms with van der Waals surface area (Å²) in [6.07, 6.45) is 7.71. The molecule has 0 N–H and O–H groups in total. The standard InChI is InChI=1S/C21H23NO3S/c23-26(24,19-14-8-3-9-15-19)22-20(17-10-4-1-5-11-17)16-21(25-22)18-12-6-2-7-13-18/h1,3-5,8-11,14-16,18,20H,2,6-7,12-13H2. The minimum Gasteiger partial charge on any atom is -0.394 e. The highest BCUT2D eigenvalue weighted by atomic mass is 32.2. The average molecular weight is 369 g/mol. The predicted molar refractivity (Wildman–Crippen MR) is 100 cm³/mol. The molecular formula is C21H23NO3S. The second kappa shape index (κ2) is 7.25. The van der Waals surface area contributed by atoms with Crippen molar-refractivity contribution in [2.24, 2.45) is 5.92 Å². The van der Waals surface area contributed by atoms with Crippen molar-refractivity contribution < 1.29 is 13.3 Å². The van der Waals surface area contributed by atoms with Crippen LogP contribution in [0.15, 0.2) is 77.4 Å². The van der Waals surface area contributed by atoms with Crippen LogP contribution in [0.1, 0.15) is 43.7 Å². The number of sulfonamides is 1. The Labute approximate surface area is 155 Å². The lowest BCUT2D eigenvalue weighted by Crippen LogP contribution is -2.31. The van der Waals surface area contributed by atoms with Gasteiger partial charge in [-0.25, -0.2) is 8.42 Å². The van der Waals surface area contributed by atoms with E-state index >= 15 is 0 Å². The van der Waals surface area contributed by atoms with Crippen LogP contribution in [0.5, 0.6) is 0 Å². The van der Waals surface area contributed by atoms with Crippen LogP contribution in [0.25, 0.3) is 0 Å². The summed E-state index contributed by atoms with van der Waals surface area (Å²) >= 11 is 0. The van der Waals surface area contributed by atoms with E-state index in [1.165, 1.54) is 23.7 Å². The summed E-state index contributed by atoms with van der Waals surface area (Å²) in [5, 5.41) is 0. The van der Waals surface area contributed by atoms with Crippen molar-refractivity contribution in [3.05, 3.63) is 78.1 Å². The first-order valence-electron chi connectivity index (χ1n) is 9.20. The Kier molecular flexibility index (Phi) is 4.83. The number of hydrogen-bond donors (Lipinski definition) is 0. The molecule has 0 amide bonds. The SMILES string of the molecule is O=S(=O)(c1ccccc1)N1OC(C2CCCCC2)=CC1c1ccccc1. The van der Waals surface area contributed by atoms with Gasteiger partial charge in [-0.1, -0.05) is 67.8 Å². The fourth-order valence-electron chi connectivity index (χ4n) is 3.77. The molecule has 1 unspecified atom stereocenters. The van der Waals surface area contributed by atoms with Crippen LogP contribution < -0.4 is 0 Å². The molecule has 0 spiro atoms. The Morgan fingerprint density at radius 2 is 1.46 bits per heavy atom. The lowest BCUT2D eigenvalue weighted by molar-refractivity contribution is -0.0461. The average Bonchev–Trinajstić information content (AvgIpc) is 3.16. The molecule has 136 valence electrons. The van der Waals surface area contributed by atoms with Gasteiger partial charge < -0.3 is 4.84 Å². The maximum atomic E-state index is 13.2. The van der Waals surface area contributed by atoms with Crippen LogP contribution in [0.3, 0.4) is 0 Å². The van der Waals surface area contributed by atoms with Crippen molar-refractivity contribution >= 4 is 10.0 Å². The van der Waals surface area contributed by atoms with E-state index in [9.17, 15) is 8.42 Å². The van der Waals surface area contributed by atoms with Crippen LogP contribution in [0.2, 0.25) is 0 Å². The lowest BCUT2D eigenvalue weighted by Gasteiger charge is -2.26. The summed E-state index contributed by atoms with van der Waals surface area (Å²) in [7, 11) is -3.75. The van der Waals surface area contributed by atoms with E-state index in [-0.39, 0.29) is 4.90 Å². The highest BCUT2D eigenvalue weighted by molar-refractivity contribution is 7.89. The molecular weight excluding hydrogens is 346 g/mol. The molecule has 0 bridgehead atoms. The van der Waals surface area contributed by atoms with Gasteiger partial charge in [0.05, 0.1) is 4.90 Å². The quantitative estimate of drug-likeness (QED) is 0.776. The minimum absolute atomic E-state index is 0.249. The molecule has 2 aliphatic rings. The molecule has 1 saturated carbocycles. The van der Waals surface area contributed by atoms with Gasteiger partial charge in [0.25, 0.3) is 10.0 Å². The number of hydroxylamine groups is 1. The molecule has 2 aromatic carbocycles. The number of rotatable bonds is 4. The monoisotopic (exact) mass is 369 g/mol. The summed E-state index contributed by atoms with van der Waals surface area (Å²) in [6, 6.07) is 17.7. The summed E-state index contributed by atoms with van der Waals surface area (Å²) in [4.78, 5) is 6.24. The van der Waals surface area contributed by atoms with Gasteiger partial charge in [-0.2, -0.15) is 0 Å². The fourth-order valence-corrected chi connectivity index (χ4v) is 5.14. The molecule has 1 aliphatic heterocycles. The number of benzene rings is 2. The molecule has 4 nitrogen and oxygen atoms in total. The van der Waals surface area contributed by atoms with Gasteiger partial charge in [-0.05, 0) is 41.1 Å². The van der Waals surface area contributed by atoms with E-state index in [4.69, 9.17) is 4.84 Å². The van der Waals surface area contributed by atoms with Gasteiger partial charge in [0.15, 0.2) is 0 Å². The number of nitrogens with zero attached hydrogens (tertiary/aromatic N) is 1. The van der Waals surface area contributed by atoms with Crippen LogP contribution in [0.4, 0.5) is 0 Å². The first-order valence-corrected chi connectivity index (χ1v) is 10.6. The van der Waals surface area contributed by atoms with E-state index in [1.807, 2.05) is 42.5 Å². The van der Waals surface area contributed by atoms with Crippen molar-refractivity contribution in [2.45, 2.75) is 43.0 Å². The second-order valence-corrected chi connectivity index (χ2v) is 8.71. The van der Waals surface area contributed by atoms with Gasteiger partial charge in [0, 0.05) is 5.92 Å². The van der Waals surface area contributed by atoms with Crippen LogP contribution in [-0.2, 0) is 14.9 Å². The zero-order chi connectivity index (χ0) is 18.0. The molecule has 26 heavy (non-hydrogen) atoms. The van der Waals surface area contributed by atoms with Crippen molar-refractivity contribution in [2.75, 3.05) is 0 Å². The second-order valence-electron chi connectivity index (χ2n) is 6.92. The summed E-state index contributed by atoms with van der Waals surface area (Å²) < 4.78 is 27.6. The maximum absolute atomic E-state index is 13.2. The highest BCUT2D eigenvalue weighted by Crippen LogP contribution is 2.41. The maximum Gasteiger partial charge on any atom is 0.274 e. The Morgan fingerprint density at radius 1 is 0.846 bits per heavy atom. The molecule has 1 atom stereocenters. The number of allylic oxidation sites excluding steroid dienone is 1. The van der Waals surface area contributed by atoms with Gasteiger partial charge in [-0.3, -0.25) is 0 Å².